The molecule has 6 nitrogen and oxygen atoms in total. The summed E-state index contributed by atoms with van der Waals surface area (Å²) >= 11 is 12.0. The highest BCUT2D eigenvalue weighted by Crippen LogP contribution is 2.24. The third-order valence-corrected chi connectivity index (χ3v) is 5.69. The van der Waals surface area contributed by atoms with Crippen LogP contribution in [-0.2, 0) is 6.54 Å². The maximum absolute atomic E-state index is 12.7. The number of aromatic nitrogens is 3. The number of rotatable bonds is 6. The Morgan fingerprint density at radius 1 is 1.10 bits per heavy atom. The maximum Gasteiger partial charge on any atom is 0.254 e. The number of pyridine rings is 1. The molecular formula is C22H21Cl2N5O. The van der Waals surface area contributed by atoms with Crippen molar-refractivity contribution >= 4 is 29.1 Å². The minimum absolute atomic E-state index is 0.0311. The van der Waals surface area contributed by atoms with E-state index < -0.39 is 0 Å². The van der Waals surface area contributed by atoms with E-state index in [2.05, 4.69) is 21.5 Å². The summed E-state index contributed by atoms with van der Waals surface area (Å²) in [5.41, 5.74) is 2.80. The summed E-state index contributed by atoms with van der Waals surface area (Å²) in [5.74, 6) is 0.768. The molecule has 0 bridgehead atoms. The zero-order valence-corrected chi connectivity index (χ0v) is 17.8. The highest BCUT2D eigenvalue weighted by atomic mass is 35.5. The summed E-state index contributed by atoms with van der Waals surface area (Å²) in [7, 11) is 0. The highest BCUT2D eigenvalue weighted by Gasteiger charge is 2.19. The maximum atomic E-state index is 12.7. The molecule has 1 aliphatic rings. The Balaban J connectivity index is 1.29. The number of halogens is 2. The molecule has 154 valence electrons. The standard InChI is InChI=1S/C22H21Cl2N5O/c23-19-6-5-17(13-20(19)24)22(30)28-11-7-16(8-12-28)14-25-15-18-3-1-4-21(27-18)29-10-2-9-26-29/h1-7,9-10,13,25H,8,11-12,14-15H2. The van der Waals surface area contributed by atoms with Crippen molar-refractivity contribution in [3.8, 4) is 5.82 Å². The van der Waals surface area contributed by atoms with Crippen molar-refractivity contribution in [3.05, 3.63) is 87.8 Å². The van der Waals surface area contributed by atoms with Crippen molar-refractivity contribution < 1.29 is 4.79 Å². The minimum atomic E-state index is -0.0311. The second-order valence-electron chi connectivity index (χ2n) is 7.03. The van der Waals surface area contributed by atoms with Crippen LogP contribution in [0, 0.1) is 0 Å². The summed E-state index contributed by atoms with van der Waals surface area (Å²) in [6, 6.07) is 12.8. The van der Waals surface area contributed by atoms with Gasteiger partial charge < -0.3 is 10.2 Å². The molecule has 0 radical (unpaired) electrons. The van der Waals surface area contributed by atoms with E-state index in [0.29, 0.717) is 35.2 Å². The Morgan fingerprint density at radius 2 is 2.00 bits per heavy atom. The van der Waals surface area contributed by atoms with E-state index in [1.807, 2.05) is 35.4 Å². The van der Waals surface area contributed by atoms with E-state index in [0.717, 1.165) is 24.5 Å². The fraction of sp³-hybridized carbons (Fsp3) is 0.227. The zero-order valence-electron chi connectivity index (χ0n) is 16.3. The van der Waals surface area contributed by atoms with E-state index in [-0.39, 0.29) is 5.91 Å². The number of carbonyl (C=O) groups excluding carboxylic acids is 1. The van der Waals surface area contributed by atoms with Crippen LogP contribution in [0.25, 0.3) is 5.82 Å². The van der Waals surface area contributed by atoms with Gasteiger partial charge in [0.05, 0.1) is 15.7 Å². The molecule has 3 heterocycles. The number of hydrogen-bond donors (Lipinski definition) is 1. The first-order valence-electron chi connectivity index (χ1n) is 9.69. The molecule has 30 heavy (non-hydrogen) atoms. The molecule has 0 saturated heterocycles. The van der Waals surface area contributed by atoms with Gasteiger partial charge in [0.1, 0.15) is 0 Å². The van der Waals surface area contributed by atoms with Gasteiger partial charge >= 0.3 is 0 Å². The van der Waals surface area contributed by atoms with Gasteiger partial charge in [0.15, 0.2) is 5.82 Å². The van der Waals surface area contributed by atoms with Crippen LogP contribution in [0.4, 0.5) is 0 Å². The Morgan fingerprint density at radius 3 is 2.73 bits per heavy atom. The molecule has 8 heteroatoms. The van der Waals surface area contributed by atoms with Crippen molar-refractivity contribution in [2.24, 2.45) is 0 Å². The van der Waals surface area contributed by atoms with Gasteiger partial charge in [0.2, 0.25) is 0 Å². The minimum Gasteiger partial charge on any atom is -0.335 e. The van der Waals surface area contributed by atoms with E-state index in [1.54, 1.807) is 29.1 Å². The molecule has 0 spiro atoms. The van der Waals surface area contributed by atoms with Crippen LogP contribution in [0.3, 0.4) is 0 Å². The van der Waals surface area contributed by atoms with Gasteiger partial charge in [-0.3, -0.25) is 4.79 Å². The van der Waals surface area contributed by atoms with Crippen molar-refractivity contribution in [1.82, 2.24) is 25.0 Å². The van der Waals surface area contributed by atoms with Crippen LogP contribution in [0.2, 0.25) is 10.0 Å². The van der Waals surface area contributed by atoms with E-state index in [4.69, 9.17) is 23.2 Å². The average Bonchev–Trinajstić information content (AvgIpc) is 3.31. The Hall–Kier alpha value is -2.67. The SMILES string of the molecule is O=C(c1ccc(Cl)c(Cl)c1)N1CC=C(CNCc2cccc(-n3cccn3)n2)CC1. The quantitative estimate of drug-likeness (QED) is 0.583. The lowest BCUT2D eigenvalue weighted by Gasteiger charge is -2.27. The summed E-state index contributed by atoms with van der Waals surface area (Å²) in [6.45, 7) is 2.70. The molecule has 0 fully saturated rings. The second-order valence-corrected chi connectivity index (χ2v) is 7.85. The van der Waals surface area contributed by atoms with E-state index in [1.165, 1.54) is 5.57 Å². The number of nitrogens with one attached hydrogen (secondary N) is 1. The first-order valence-corrected chi connectivity index (χ1v) is 10.4. The normalized spacial score (nSPS) is 13.9. The fourth-order valence-electron chi connectivity index (χ4n) is 3.32. The molecule has 0 atom stereocenters. The molecule has 1 amide bonds. The topological polar surface area (TPSA) is 63.1 Å². The van der Waals surface area contributed by atoms with Crippen LogP contribution in [0.5, 0.6) is 0 Å². The molecular weight excluding hydrogens is 421 g/mol. The fourth-order valence-corrected chi connectivity index (χ4v) is 3.61. The Labute approximate surface area is 185 Å². The smallest absolute Gasteiger partial charge is 0.254 e. The predicted molar refractivity (Wildman–Crippen MR) is 118 cm³/mol. The van der Waals surface area contributed by atoms with Crippen LogP contribution in [0.15, 0.2) is 66.5 Å². The monoisotopic (exact) mass is 441 g/mol. The van der Waals surface area contributed by atoms with Gasteiger partial charge in [-0.1, -0.05) is 40.9 Å². The first-order chi connectivity index (χ1) is 14.6. The average molecular weight is 442 g/mol. The van der Waals surface area contributed by atoms with E-state index in [9.17, 15) is 4.79 Å². The highest BCUT2D eigenvalue weighted by molar-refractivity contribution is 6.42. The Bertz CT molecular complexity index is 1070. The second kappa shape index (κ2) is 9.43. The van der Waals surface area contributed by atoms with Crippen LogP contribution < -0.4 is 5.32 Å². The number of nitrogens with zero attached hydrogens (tertiary/aromatic N) is 4. The van der Waals surface area contributed by atoms with Gasteiger partial charge in [-0.15, -0.1) is 0 Å². The van der Waals surface area contributed by atoms with Gasteiger partial charge in [0.25, 0.3) is 5.91 Å². The molecule has 0 unspecified atom stereocenters. The largest absolute Gasteiger partial charge is 0.335 e. The lowest BCUT2D eigenvalue weighted by Crippen LogP contribution is -2.36. The van der Waals surface area contributed by atoms with Crippen LogP contribution >= 0.6 is 23.2 Å². The van der Waals surface area contributed by atoms with Gasteiger partial charge in [-0.05, 0) is 42.8 Å². The Kier molecular flexibility index (Phi) is 6.47. The third kappa shape index (κ3) is 4.90. The molecule has 2 aromatic heterocycles. The summed E-state index contributed by atoms with van der Waals surface area (Å²) < 4.78 is 1.74. The van der Waals surface area contributed by atoms with E-state index >= 15 is 0 Å². The number of hydrogen-bond acceptors (Lipinski definition) is 4. The number of benzene rings is 1. The summed E-state index contributed by atoms with van der Waals surface area (Å²) in [5, 5.41) is 8.49. The molecule has 0 saturated carbocycles. The van der Waals surface area contributed by atoms with Crippen LogP contribution in [0.1, 0.15) is 22.5 Å². The van der Waals surface area contributed by atoms with Crippen molar-refractivity contribution in [2.45, 2.75) is 13.0 Å². The van der Waals surface area contributed by atoms with Gasteiger partial charge in [0, 0.05) is 44.1 Å². The lowest BCUT2D eigenvalue weighted by molar-refractivity contribution is 0.0768. The summed E-state index contributed by atoms with van der Waals surface area (Å²) in [4.78, 5) is 19.1. The summed E-state index contributed by atoms with van der Waals surface area (Å²) in [6.07, 6.45) is 6.55. The molecule has 1 N–H and O–H groups in total. The first kappa shape index (κ1) is 20.6. The molecule has 1 aromatic carbocycles. The number of carbonyl (C=O) groups is 1. The molecule has 4 rings (SSSR count). The van der Waals surface area contributed by atoms with Gasteiger partial charge in [-0.2, -0.15) is 5.10 Å². The van der Waals surface area contributed by atoms with Crippen molar-refractivity contribution in [3.63, 3.8) is 0 Å². The molecule has 0 aliphatic carbocycles. The predicted octanol–water partition coefficient (Wildman–Crippen LogP) is 4.14. The van der Waals surface area contributed by atoms with Crippen molar-refractivity contribution in [1.29, 1.82) is 0 Å². The molecule has 3 aromatic rings. The molecule has 1 aliphatic heterocycles. The third-order valence-electron chi connectivity index (χ3n) is 4.95. The van der Waals surface area contributed by atoms with Crippen LogP contribution in [-0.4, -0.2) is 45.2 Å². The zero-order chi connectivity index (χ0) is 20.9. The van der Waals surface area contributed by atoms with Crippen molar-refractivity contribution in [2.75, 3.05) is 19.6 Å². The lowest BCUT2D eigenvalue weighted by atomic mass is 10.1. The number of amides is 1. The van der Waals surface area contributed by atoms with Gasteiger partial charge in [-0.25, -0.2) is 9.67 Å².